The Balaban J connectivity index is 1.21. The van der Waals surface area contributed by atoms with Gasteiger partial charge in [0, 0.05) is 23.0 Å². The second kappa shape index (κ2) is 10.1. The van der Waals surface area contributed by atoms with E-state index in [0.29, 0.717) is 34.4 Å². The molecule has 2 heterocycles. The highest BCUT2D eigenvalue weighted by Crippen LogP contribution is 2.24. The number of hydrogen-bond donors (Lipinski definition) is 1. The monoisotopic (exact) mass is 477 g/mol. The minimum absolute atomic E-state index is 0.222. The number of carbonyl (C=O) groups is 1. The van der Waals surface area contributed by atoms with Gasteiger partial charge in [-0.05, 0) is 80.6 Å². The first-order valence-electron chi connectivity index (χ1n) is 11.3. The van der Waals surface area contributed by atoms with Gasteiger partial charge in [-0.15, -0.1) is 0 Å². The van der Waals surface area contributed by atoms with Crippen LogP contribution in [0.2, 0.25) is 0 Å². The molecule has 3 aromatic carbocycles. The molecular formula is C28H23N5O3. The third-order valence-electron chi connectivity index (χ3n) is 5.28. The quantitative estimate of drug-likeness (QED) is 0.304. The van der Waals surface area contributed by atoms with Crippen molar-refractivity contribution in [3.63, 3.8) is 0 Å². The molecule has 5 rings (SSSR count). The molecule has 0 atom stereocenters. The SMILES string of the molecule is Cc1cc(C)n(-c2cc(Oc3ccc(NC(=O)c4ccc(Oc5ccccc5)cc4)cc3)ncn2)n1. The maximum atomic E-state index is 12.7. The van der Waals surface area contributed by atoms with Gasteiger partial charge in [0.05, 0.1) is 5.69 Å². The number of benzene rings is 3. The summed E-state index contributed by atoms with van der Waals surface area (Å²) in [5.41, 5.74) is 3.04. The number of aromatic nitrogens is 4. The summed E-state index contributed by atoms with van der Waals surface area (Å²) in [6.07, 6.45) is 1.44. The van der Waals surface area contributed by atoms with Crippen LogP contribution < -0.4 is 14.8 Å². The molecule has 0 bridgehead atoms. The van der Waals surface area contributed by atoms with Crippen LogP contribution in [0.3, 0.4) is 0 Å². The number of aryl methyl sites for hydroxylation is 2. The Bertz CT molecular complexity index is 1480. The van der Waals surface area contributed by atoms with Crippen molar-refractivity contribution in [1.29, 1.82) is 0 Å². The zero-order chi connectivity index (χ0) is 24.9. The van der Waals surface area contributed by atoms with Gasteiger partial charge < -0.3 is 14.8 Å². The summed E-state index contributed by atoms with van der Waals surface area (Å²) < 4.78 is 13.4. The predicted octanol–water partition coefficient (Wildman–Crippen LogP) is 6.12. The van der Waals surface area contributed by atoms with E-state index in [4.69, 9.17) is 9.47 Å². The molecule has 8 nitrogen and oxygen atoms in total. The molecule has 0 spiro atoms. The fraction of sp³-hybridized carbons (Fsp3) is 0.0714. The summed E-state index contributed by atoms with van der Waals surface area (Å²) in [5.74, 6) is 2.76. The van der Waals surface area contributed by atoms with Crippen LogP contribution in [0.15, 0.2) is 97.3 Å². The Kier molecular flexibility index (Phi) is 6.40. The van der Waals surface area contributed by atoms with Crippen molar-refractivity contribution in [2.75, 3.05) is 5.32 Å². The Labute approximate surface area is 208 Å². The van der Waals surface area contributed by atoms with Crippen LogP contribution in [0.25, 0.3) is 5.82 Å². The lowest BCUT2D eigenvalue weighted by atomic mass is 10.2. The normalized spacial score (nSPS) is 10.6. The van der Waals surface area contributed by atoms with E-state index in [-0.39, 0.29) is 5.91 Å². The van der Waals surface area contributed by atoms with E-state index in [9.17, 15) is 4.79 Å². The summed E-state index contributed by atoms with van der Waals surface area (Å²) in [5, 5.41) is 7.32. The first-order valence-corrected chi connectivity index (χ1v) is 11.3. The number of nitrogens with zero attached hydrogens (tertiary/aromatic N) is 4. The fourth-order valence-corrected chi connectivity index (χ4v) is 3.59. The van der Waals surface area contributed by atoms with Gasteiger partial charge in [0.15, 0.2) is 5.82 Å². The van der Waals surface area contributed by atoms with Gasteiger partial charge in [0.25, 0.3) is 5.91 Å². The molecule has 0 unspecified atom stereocenters. The Morgan fingerprint density at radius 1 is 0.778 bits per heavy atom. The van der Waals surface area contributed by atoms with E-state index in [0.717, 1.165) is 17.1 Å². The zero-order valence-corrected chi connectivity index (χ0v) is 19.8. The molecule has 0 aliphatic rings. The van der Waals surface area contributed by atoms with Crippen molar-refractivity contribution >= 4 is 11.6 Å². The van der Waals surface area contributed by atoms with E-state index >= 15 is 0 Å². The average molecular weight is 478 g/mol. The van der Waals surface area contributed by atoms with E-state index < -0.39 is 0 Å². The molecule has 0 saturated carbocycles. The van der Waals surface area contributed by atoms with Crippen molar-refractivity contribution in [2.24, 2.45) is 0 Å². The van der Waals surface area contributed by atoms with Crippen molar-refractivity contribution in [1.82, 2.24) is 19.7 Å². The maximum Gasteiger partial charge on any atom is 0.255 e. The number of carbonyl (C=O) groups excluding carboxylic acids is 1. The molecule has 0 aliphatic heterocycles. The highest BCUT2D eigenvalue weighted by molar-refractivity contribution is 6.04. The molecule has 178 valence electrons. The van der Waals surface area contributed by atoms with Crippen LogP contribution in [0.5, 0.6) is 23.1 Å². The molecule has 8 heteroatoms. The molecule has 5 aromatic rings. The summed E-state index contributed by atoms with van der Waals surface area (Å²) in [6.45, 7) is 3.89. The number of rotatable bonds is 7. The average Bonchev–Trinajstić information content (AvgIpc) is 3.24. The van der Waals surface area contributed by atoms with Crippen LogP contribution in [0.1, 0.15) is 21.7 Å². The number of amides is 1. The minimum atomic E-state index is -0.222. The Morgan fingerprint density at radius 2 is 1.44 bits per heavy atom. The maximum absolute atomic E-state index is 12.7. The van der Waals surface area contributed by atoms with Gasteiger partial charge in [0.1, 0.15) is 23.6 Å². The van der Waals surface area contributed by atoms with Crippen LogP contribution in [0.4, 0.5) is 5.69 Å². The Hall–Kier alpha value is -4.98. The summed E-state index contributed by atoms with van der Waals surface area (Å²) in [6, 6.07) is 27.2. The zero-order valence-electron chi connectivity index (χ0n) is 19.8. The fourth-order valence-electron chi connectivity index (χ4n) is 3.59. The van der Waals surface area contributed by atoms with Gasteiger partial charge >= 0.3 is 0 Å². The second-order valence-corrected chi connectivity index (χ2v) is 8.07. The van der Waals surface area contributed by atoms with Gasteiger partial charge in [-0.25, -0.2) is 14.6 Å². The molecular weight excluding hydrogens is 454 g/mol. The van der Waals surface area contributed by atoms with E-state index in [2.05, 4.69) is 20.4 Å². The summed E-state index contributed by atoms with van der Waals surface area (Å²) in [7, 11) is 0. The van der Waals surface area contributed by atoms with Crippen molar-refractivity contribution in [2.45, 2.75) is 13.8 Å². The van der Waals surface area contributed by atoms with E-state index in [1.54, 1.807) is 59.3 Å². The van der Waals surface area contributed by atoms with E-state index in [1.165, 1.54) is 6.33 Å². The number of anilines is 1. The Morgan fingerprint density at radius 3 is 2.14 bits per heavy atom. The molecule has 1 amide bonds. The highest BCUT2D eigenvalue weighted by Gasteiger charge is 2.10. The lowest BCUT2D eigenvalue weighted by Gasteiger charge is -2.09. The lowest BCUT2D eigenvalue weighted by Crippen LogP contribution is -2.11. The summed E-state index contributed by atoms with van der Waals surface area (Å²) in [4.78, 5) is 21.1. The highest BCUT2D eigenvalue weighted by atomic mass is 16.5. The number of para-hydroxylation sites is 1. The van der Waals surface area contributed by atoms with Crippen molar-refractivity contribution in [3.05, 3.63) is 114 Å². The van der Waals surface area contributed by atoms with Gasteiger partial charge in [-0.3, -0.25) is 4.79 Å². The number of hydrogen-bond acceptors (Lipinski definition) is 6. The van der Waals surface area contributed by atoms with Crippen LogP contribution in [-0.2, 0) is 0 Å². The minimum Gasteiger partial charge on any atom is -0.457 e. The third-order valence-corrected chi connectivity index (χ3v) is 5.28. The molecule has 0 saturated heterocycles. The van der Waals surface area contributed by atoms with Crippen molar-refractivity contribution in [3.8, 4) is 28.9 Å². The van der Waals surface area contributed by atoms with Gasteiger partial charge in [0.2, 0.25) is 5.88 Å². The smallest absolute Gasteiger partial charge is 0.255 e. The predicted molar refractivity (Wildman–Crippen MR) is 136 cm³/mol. The van der Waals surface area contributed by atoms with Gasteiger partial charge in [-0.1, -0.05) is 18.2 Å². The topological polar surface area (TPSA) is 91.2 Å². The molecule has 1 N–H and O–H groups in total. The molecule has 0 radical (unpaired) electrons. The molecule has 0 aliphatic carbocycles. The molecule has 2 aromatic heterocycles. The first-order chi connectivity index (χ1) is 17.5. The molecule has 0 fully saturated rings. The molecule has 36 heavy (non-hydrogen) atoms. The first kappa shape index (κ1) is 22.8. The lowest BCUT2D eigenvalue weighted by molar-refractivity contribution is 0.102. The standard InChI is InChI=1S/C28H23N5O3/c1-19-16-20(2)33(32-19)26-17-27(30-18-29-26)36-25-14-10-22(11-15-25)31-28(34)21-8-12-24(13-9-21)35-23-6-4-3-5-7-23/h3-18H,1-2H3,(H,31,34). The van der Waals surface area contributed by atoms with Crippen LogP contribution in [-0.4, -0.2) is 25.7 Å². The van der Waals surface area contributed by atoms with Crippen LogP contribution in [0, 0.1) is 13.8 Å². The van der Waals surface area contributed by atoms with E-state index in [1.807, 2.05) is 50.2 Å². The van der Waals surface area contributed by atoms with Gasteiger partial charge in [-0.2, -0.15) is 5.10 Å². The third kappa shape index (κ3) is 5.39. The van der Waals surface area contributed by atoms with Crippen molar-refractivity contribution < 1.29 is 14.3 Å². The second-order valence-electron chi connectivity index (χ2n) is 8.07. The largest absolute Gasteiger partial charge is 0.457 e. The van der Waals surface area contributed by atoms with Crippen LogP contribution >= 0.6 is 0 Å². The summed E-state index contributed by atoms with van der Waals surface area (Å²) >= 11 is 0. The number of nitrogens with one attached hydrogen (secondary N) is 1. The number of ether oxygens (including phenoxy) is 2.